The highest BCUT2D eigenvalue weighted by Crippen LogP contribution is 2.35. The topological polar surface area (TPSA) is 93.5 Å². The number of nitrogens with one attached hydrogen (secondary N) is 2. The van der Waals surface area contributed by atoms with E-state index in [2.05, 4.69) is 10.6 Å². The van der Waals surface area contributed by atoms with Crippen molar-refractivity contribution in [3.63, 3.8) is 0 Å². The molecule has 0 aromatic heterocycles. The molecular weight excluding hydrogens is 262 g/mol. The third-order valence-corrected chi connectivity index (χ3v) is 2.56. The molecule has 1 amide bonds. The molecule has 0 saturated carbocycles. The first-order valence-corrected chi connectivity index (χ1v) is 6.29. The maximum atomic E-state index is 11.5. The molecule has 1 aromatic carbocycles. The minimum atomic E-state index is -0.590. The highest BCUT2D eigenvalue weighted by atomic mass is 16.6. The van der Waals surface area contributed by atoms with Gasteiger partial charge in [-0.3, -0.25) is 14.9 Å². The van der Waals surface area contributed by atoms with Gasteiger partial charge in [0.25, 0.3) is 0 Å². The van der Waals surface area contributed by atoms with Crippen LogP contribution in [-0.4, -0.2) is 30.0 Å². The molecule has 2 N–H and O–H groups in total. The van der Waals surface area contributed by atoms with Crippen LogP contribution in [0, 0.1) is 10.1 Å². The van der Waals surface area contributed by atoms with Gasteiger partial charge in [0.2, 0.25) is 5.91 Å². The second kappa shape index (κ2) is 6.74. The second-order valence-corrected chi connectivity index (χ2v) is 4.56. The van der Waals surface area contributed by atoms with Crippen LogP contribution in [0.4, 0.5) is 11.4 Å². The number of carbonyl (C=O) groups excluding carboxylic acids is 1. The van der Waals surface area contributed by atoms with Crippen molar-refractivity contribution in [2.24, 2.45) is 0 Å². The van der Waals surface area contributed by atoms with Crippen molar-refractivity contribution < 1.29 is 14.5 Å². The molecule has 0 saturated heterocycles. The van der Waals surface area contributed by atoms with Gasteiger partial charge in [0.1, 0.15) is 11.7 Å². The maximum absolute atomic E-state index is 11.5. The molecule has 0 heterocycles. The van der Waals surface area contributed by atoms with E-state index in [0.29, 0.717) is 0 Å². The number of benzene rings is 1. The summed E-state index contributed by atoms with van der Waals surface area (Å²) in [7, 11) is 1.51. The van der Waals surface area contributed by atoms with Crippen LogP contribution in [0.25, 0.3) is 0 Å². The van der Waals surface area contributed by atoms with Gasteiger partial charge in [-0.1, -0.05) is 6.07 Å². The van der Waals surface area contributed by atoms with Crippen molar-refractivity contribution in [2.45, 2.75) is 32.9 Å². The zero-order valence-electron chi connectivity index (χ0n) is 12.0. The summed E-state index contributed by atoms with van der Waals surface area (Å²) in [5, 5.41) is 16.5. The summed E-state index contributed by atoms with van der Waals surface area (Å²) in [4.78, 5) is 22.2. The largest absolute Gasteiger partial charge is 0.484 e. The molecular formula is C13H19N3O4. The van der Waals surface area contributed by atoms with Gasteiger partial charge in [-0.05, 0) is 32.9 Å². The molecule has 0 aliphatic carbocycles. The van der Waals surface area contributed by atoms with Gasteiger partial charge < -0.3 is 15.4 Å². The fourth-order valence-electron chi connectivity index (χ4n) is 1.69. The molecule has 0 bridgehead atoms. The molecule has 1 rings (SSSR count). The smallest absolute Gasteiger partial charge is 0.333 e. The number of hydrogen-bond donors (Lipinski definition) is 2. The summed E-state index contributed by atoms with van der Waals surface area (Å²) in [5.41, 5.74) is 0.0844. The van der Waals surface area contributed by atoms with Crippen molar-refractivity contribution in [3.8, 4) is 5.75 Å². The molecule has 20 heavy (non-hydrogen) atoms. The minimum Gasteiger partial charge on any atom is -0.484 e. The highest BCUT2D eigenvalue weighted by Gasteiger charge is 2.24. The Morgan fingerprint density at radius 2 is 2.00 bits per heavy atom. The summed E-state index contributed by atoms with van der Waals surface area (Å²) < 4.78 is 5.43. The van der Waals surface area contributed by atoms with Crippen LogP contribution in [0.3, 0.4) is 0 Å². The van der Waals surface area contributed by atoms with Gasteiger partial charge in [-0.25, -0.2) is 0 Å². The molecule has 0 aliphatic rings. The monoisotopic (exact) mass is 281 g/mol. The van der Waals surface area contributed by atoms with E-state index in [1.807, 2.05) is 0 Å². The summed E-state index contributed by atoms with van der Waals surface area (Å²) in [6.07, 6.45) is -0.180. The Morgan fingerprint density at radius 1 is 1.35 bits per heavy atom. The van der Waals surface area contributed by atoms with E-state index in [9.17, 15) is 14.9 Å². The van der Waals surface area contributed by atoms with Gasteiger partial charge in [0.05, 0.1) is 11.0 Å². The van der Waals surface area contributed by atoms with Crippen LogP contribution in [-0.2, 0) is 4.79 Å². The van der Waals surface area contributed by atoms with Crippen LogP contribution in [0.5, 0.6) is 5.75 Å². The van der Waals surface area contributed by atoms with Crippen molar-refractivity contribution in [1.82, 2.24) is 5.32 Å². The van der Waals surface area contributed by atoms with E-state index in [4.69, 9.17) is 4.74 Å². The van der Waals surface area contributed by atoms with Crippen LogP contribution in [0.15, 0.2) is 18.2 Å². The van der Waals surface area contributed by atoms with E-state index in [1.165, 1.54) is 13.1 Å². The Kier molecular flexibility index (Phi) is 5.31. The molecule has 7 nitrogen and oxygen atoms in total. The van der Waals surface area contributed by atoms with Gasteiger partial charge in [0, 0.05) is 7.05 Å². The second-order valence-electron chi connectivity index (χ2n) is 4.56. The lowest BCUT2D eigenvalue weighted by Gasteiger charge is -2.16. The number of hydrogen-bond acceptors (Lipinski definition) is 5. The molecule has 0 fully saturated rings. The maximum Gasteiger partial charge on any atom is 0.333 e. The standard InChI is InChI=1S/C13H19N3O4/c1-8(2)20-11-7-5-6-10(12(11)16(18)19)15-9(3)13(17)14-4/h5-9,15H,1-4H3,(H,14,17). The fourth-order valence-corrected chi connectivity index (χ4v) is 1.69. The first kappa shape index (κ1) is 15.7. The van der Waals surface area contributed by atoms with Gasteiger partial charge in [-0.2, -0.15) is 0 Å². The number of para-hydroxylation sites is 1. The molecule has 7 heteroatoms. The van der Waals surface area contributed by atoms with Crippen LogP contribution >= 0.6 is 0 Å². The van der Waals surface area contributed by atoms with Crippen LogP contribution in [0.2, 0.25) is 0 Å². The molecule has 1 unspecified atom stereocenters. The average Bonchev–Trinajstić information content (AvgIpc) is 2.36. The number of ether oxygens (including phenoxy) is 1. The number of carbonyl (C=O) groups is 1. The third kappa shape index (κ3) is 3.84. The minimum absolute atomic E-state index is 0.169. The number of amides is 1. The molecule has 110 valence electrons. The number of nitrogens with zero attached hydrogens (tertiary/aromatic N) is 1. The Bertz CT molecular complexity index is 502. The number of likely N-dealkylation sites (N-methyl/N-ethyl adjacent to an activating group) is 1. The summed E-state index contributed by atoms with van der Waals surface area (Å²) in [6, 6.07) is 4.13. The summed E-state index contributed by atoms with van der Waals surface area (Å²) in [5.74, 6) is -0.0754. The molecule has 0 radical (unpaired) electrons. The highest BCUT2D eigenvalue weighted by molar-refractivity contribution is 5.85. The molecule has 1 aromatic rings. The molecule has 0 aliphatic heterocycles. The first-order valence-electron chi connectivity index (χ1n) is 6.29. The Morgan fingerprint density at radius 3 is 2.50 bits per heavy atom. The van der Waals surface area contributed by atoms with E-state index in [-0.39, 0.29) is 29.1 Å². The molecule has 0 spiro atoms. The lowest BCUT2D eigenvalue weighted by Crippen LogP contribution is -2.35. The van der Waals surface area contributed by atoms with Crippen LogP contribution < -0.4 is 15.4 Å². The Labute approximate surface area is 117 Å². The van der Waals surface area contributed by atoms with Crippen molar-refractivity contribution in [1.29, 1.82) is 0 Å². The SMILES string of the molecule is CNC(=O)C(C)Nc1cccc(OC(C)C)c1[N+](=O)[O-]. The zero-order valence-corrected chi connectivity index (χ0v) is 12.0. The van der Waals surface area contributed by atoms with Crippen molar-refractivity contribution >= 4 is 17.3 Å². The van der Waals surface area contributed by atoms with E-state index >= 15 is 0 Å². The van der Waals surface area contributed by atoms with E-state index in [1.54, 1.807) is 32.9 Å². The first-order chi connectivity index (χ1) is 9.36. The normalized spacial score (nSPS) is 11.8. The Hall–Kier alpha value is -2.31. The number of rotatable bonds is 6. The van der Waals surface area contributed by atoms with Gasteiger partial charge in [-0.15, -0.1) is 0 Å². The Balaban J connectivity index is 3.12. The van der Waals surface area contributed by atoms with Crippen molar-refractivity contribution in [3.05, 3.63) is 28.3 Å². The van der Waals surface area contributed by atoms with Gasteiger partial charge >= 0.3 is 5.69 Å². The number of nitro groups is 1. The molecule has 1 atom stereocenters. The summed E-state index contributed by atoms with van der Waals surface area (Å²) >= 11 is 0. The summed E-state index contributed by atoms with van der Waals surface area (Å²) in [6.45, 7) is 5.20. The van der Waals surface area contributed by atoms with E-state index in [0.717, 1.165) is 0 Å². The lowest BCUT2D eigenvalue weighted by atomic mass is 10.2. The zero-order chi connectivity index (χ0) is 15.3. The average molecular weight is 281 g/mol. The third-order valence-electron chi connectivity index (χ3n) is 2.56. The van der Waals surface area contributed by atoms with Crippen molar-refractivity contribution in [2.75, 3.05) is 12.4 Å². The predicted octanol–water partition coefficient (Wildman–Crippen LogP) is 1.93. The number of nitro benzene ring substituents is 1. The van der Waals surface area contributed by atoms with Crippen LogP contribution in [0.1, 0.15) is 20.8 Å². The quantitative estimate of drug-likeness (QED) is 0.614. The lowest BCUT2D eigenvalue weighted by molar-refractivity contribution is -0.385. The van der Waals surface area contributed by atoms with E-state index < -0.39 is 11.0 Å². The number of anilines is 1. The van der Waals surface area contributed by atoms with Gasteiger partial charge in [0.15, 0.2) is 5.75 Å². The fraction of sp³-hybridized carbons (Fsp3) is 0.462. The predicted molar refractivity (Wildman–Crippen MR) is 76.0 cm³/mol.